The minimum absolute atomic E-state index is 0.0167. The Morgan fingerprint density at radius 3 is 2.40 bits per heavy atom. The number of hydrogen-bond acceptors (Lipinski definition) is 13. The quantitative estimate of drug-likeness (QED) is 0.0854. The van der Waals surface area contributed by atoms with E-state index in [2.05, 4.69) is 35.9 Å². The highest BCUT2D eigenvalue weighted by molar-refractivity contribution is 9.10. The maximum atomic E-state index is 13.9. The third-order valence-electron chi connectivity index (χ3n) is 9.37. The van der Waals surface area contributed by atoms with Crippen molar-refractivity contribution in [2.24, 2.45) is 0 Å². The molecule has 6 rings (SSSR count). The van der Waals surface area contributed by atoms with Crippen LogP contribution in [-0.4, -0.2) is 82.5 Å². The van der Waals surface area contributed by atoms with Gasteiger partial charge in [-0.15, -0.1) is 11.3 Å². The molecule has 332 valence electrons. The van der Waals surface area contributed by atoms with Gasteiger partial charge in [-0.2, -0.15) is 4.31 Å². The smallest absolute Gasteiger partial charge is 0.424 e. The number of benzene rings is 3. The van der Waals surface area contributed by atoms with Crippen LogP contribution >= 0.6 is 27.3 Å². The van der Waals surface area contributed by atoms with E-state index in [4.69, 9.17) is 18.9 Å². The normalized spacial score (nSPS) is 12.5. The molecular weight excluding hydrogens is 934 g/mol. The van der Waals surface area contributed by atoms with E-state index in [0.29, 0.717) is 65.1 Å². The van der Waals surface area contributed by atoms with Crippen molar-refractivity contribution in [2.75, 3.05) is 12.9 Å². The fourth-order valence-corrected chi connectivity index (χ4v) is 12.5. The van der Waals surface area contributed by atoms with Crippen LogP contribution in [0, 0.1) is 5.82 Å². The minimum Gasteiger partial charge on any atom is -0.496 e. The minimum atomic E-state index is -4.16. The Kier molecular flexibility index (Phi) is 14.5. The van der Waals surface area contributed by atoms with Crippen LogP contribution in [0.5, 0.6) is 17.4 Å². The summed E-state index contributed by atoms with van der Waals surface area (Å²) in [4.78, 5) is 45.6. The van der Waals surface area contributed by atoms with Crippen LogP contribution < -0.4 is 14.2 Å². The molecule has 1 amide bonds. The van der Waals surface area contributed by atoms with E-state index in [1.807, 2.05) is 37.8 Å². The molecule has 0 radical (unpaired) electrons. The standard InChI is InChI=1S/C44H47BrFN5O9S2Si/c1-44(2,3)60-43(54)51(62(55,56)20-21-63(5,6)7)24-27-12-17-33(58-25-31-18-19-47-39(50-31)32-10-8-9-11-34(32)57-4)29(22-27)23-35(42(52)53)59-40-36-37(45)38(61-41(36)49-26-48-40)28-13-15-30(46)16-14-28/h8-19,22,26,35H,20-21,23-25H2,1-7H3,(H,52,53). The van der Waals surface area contributed by atoms with Crippen molar-refractivity contribution in [3.05, 3.63) is 112 Å². The number of halogens is 2. The number of carbonyl (C=O) groups is 2. The second-order valence-corrected chi connectivity index (χ2v) is 26.1. The molecule has 0 aliphatic rings. The first-order valence-corrected chi connectivity index (χ1v) is 26.7. The monoisotopic (exact) mass is 979 g/mol. The zero-order valence-electron chi connectivity index (χ0n) is 35.7. The van der Waals surface area contributed by atoms with Crippen LogP contribution in [0.3, 0.4) is 0 Å². The maximum Gasteiger partial charge on any atom is 0.424 e. The number of methoxy groups -OCH3 is 1. The van der Waals surface area contributed by atoms with Crippen LogP contribution in [0.2, 0.25) is 25.7 Å². The van der Waals surface area contributed by atoms with Gasteiger partial charge in [-0.1, -0.05) is 56.0 Å². The first-order chi connectivity index (χ1) is 29.7. The van der Waals surface area contributed by atoms with Gasteiger partial charge in [0.15, 0.2) is 5.82 Å². The fourth-order valence-electron chi connectivity index (χ4n) is 6.18. The number of carboxylic acid groups (broad SMARTS) is 1. The van der Waals surface area contributed by atoms with Gasteiger partial charge >= 0.3 is 12.1 Å². The summed E-state index contributed by atoms with van der Waals surface area (Å²) in [5, 5.41) is 11.0. The van der Waals surface area contributed by atoms with Crippen LogP contribution in [0.25, 0.3) is 32.0 Å². The predicted octanol–water partition coefficient (Wildman–Crippen LogP) is 9.78. The molecule has 19 heteroatoms. The number of para-hydroxylation sites is 1. The molecule has 0 saturated carbocycles. The average Bonchev–Trinajstić information content (AvgIpc) is 3.57. The molecule has 0 fully saturated rings. The molecule has 1 atom stereocenters. The van der Waals surface area contributed by atoms with Crippen LogP contribution in [0.1, 0.15) is 37.6 Å². The van der Waals surface area contributed by atoms with Gasteiger partial charge in [0.05, 0.1) is 45.4 Å². The Balaban J connectivity index is 1.37. The largest absolute Gasteiger partial charge is 0.496 e. The van der Waals surface area contributed by atoms with Crippen LogP contribution in [0.4, 0.5) is 9.18 Å². The predicted molar refractivity (Wildman–Crippen MR) is 245 cm³/mol. The number of aliphatic carboxylic acids is 1. The van der Waals surface area contributed by atoms with Gasteiger partial charge in [-0.3, -0.25) is 0 Å². The van der Waals surface area contributed by atoms with E-state index in [-0.39, 0.29) is 30.4 Å². The van der Waals surface area contributed by atoms with E-state index in [1.165, 1.54) is 29.8 Å². The molecule has 3 aromatic heterocycles. The van der Waals surface area contributed by atoms with E-state index < -0.39 is 54.2 Å². The van der Waals surface area contributed by atoms with Crippen molar-refractivity contribution in [3.8, 4) is 39.2 Å². The number of hydrogen-bond donors (Lipinski definition) is 1. The molecule has 0 saturated heterocycles. The van der Waals surface area contributed by atoms with Crippen molar-refractivity contribution >= 4 is 67.6 Å². The molecule has 0 aliphatic heterocycles. The first kappa shape index (κ1) is 47.0. The second kappa shape index (κ2) is 19.5. The molecular formula is C44H47BrFN5O9S2Si. The number of rotatable bonds is 17. The van der Waals surface area contributed by atoms with Gasteiger partial charge in [0.1, 0.15) is 40.7 Å². The SMILES string of the molecule is COc1ccccc1-c1nccc(COc2ccc(CN(C(=O)OC(C)(C)C)S(=O)(=O)CC[Si](C)(C)C)cc2CC(Oc2ncnc3sc(-c4ccc(F)cc4)c(Br)c23)C(=O)O)n1. The Labute approximate surface area is 378 Å². The molecule has 1 unspecified atom stereocenters. The molecule has 63 heavy (non-hydrogen) atoms. The Morgan fingerprint density at radius 1 is 0.984 bits per heavy atom. The van der Waals surface area contributed by atoms with Crippen molar-refractivity contribution < 1.29 is 46.5 Å². The summed E-state index contributed by atoms with van der Waals surface area (Å²) in [5.41, 5.74) is 1.56. The van der Waals surface area contributed by atoms with Crippen molar-refractivity contribution in [3.63, 3.8) is 0 Å². The molecule has 1 N–H and O–H groups in total. The summed E-state index contributed by atoms with van der Waals surface area (Å²) in [6.45, 7) is 10.6. The summed E-state index contributed by atoms with van der Waals surface area (Å²) < 4.78 is 66.4. The van der Waals surface area contributed by atoms with Crippen molar-refractivity contribution in [1.29, 1.82) is 0 Å². The summed E-state index contributed by atoms with van der Waals surface area (Å²) in [6, 6.07) is 20.1. The summed E-state index contributed by atoms with van der Waals surface area (Å²) in [6.07, 6.45) is -0.0259. The molecule has 14 nitrogen and oxygen atoms in total. The summed E-state index contributed by atoms with van der Waals surface area (Å²) in [5.74, 6) is -0.763. The third-order valence-corrected chi connectivity index (χ3v) is 15.4. The molecule has 0 spiro atoms. The number of fused-ring (bicyclic) bond motifs is 1. The first-order valence-electron chi connectivity index (χ1n) is 19.7. The molecule has 0 bridgehead atoms. The van der Waals surface area contributed by atoms with Gasteiger partial charge in [-0.25, -0.2) is 42.3 Å². The number of amides is 1. The number of carbonyl (C=O) groups excluding carboxylic acids is 1. The summed E-state index contributed by atoms with van der Waals surface area (Å²) in [7, 11) is -4.46. The average molecular weight is 981 g/mol. The number of aromatic nitrogens is 4. The molecule has 0 aliphatic carbocycles. The Bertz CT molecular complexity index is 2730. The lowest BCUT2D eigenvalue weighted by Crippen LogP contribution is -2.42. The van der Waals surface area contributed by atoms with E-state index in [1.54, 1.807) is 76.5 Å². The highest BCUT2D eigenvalue weighted by Crippen LogP contribution is 2.44. The topological polar surface area (TPSA) is 180 Å². The molecule has 3 aromatic carbocycles. The van der Waals surface area contributed by atoms with Gasteiger partial charge in [0.25, 0.3) is 0 Å². The van der Waals surface area contributed by atoms with E-state index >= 15 is 0 Å². The number of sulfonamides is 1. The lowest BCUT2D eigenvalue weighted by molar-refractivity contribution is -0.145. The summed E-state index contributed by atoms with van der Waals surface area (Å²) >= 11 is 4.91. The number of thiophene rings is 1. The van der Waals surface area contributed by atoms with E-state index in [9.17, 15) is 27.5 Å². The number of nitrogens with zero attached hydrogens (tertiary/aromatic N) is 5. The maximum absolute atomic E-state index is 13.9. The Morgan fingerprint density at radius 2 is 1.71 bits per heavy atom. The number of ether oxygens (including phenoxy) is 4. The van der Waals surface area contributed by atoms with Gasteiger partial charge in [0, 0.05) is 20.7 Å². The van der Waals surface area contributed by atoms with Gasteiger partial charge < -0.3 is 24.1 Å². The highest BCUT2D eigenvalue weighted by Gasteiger charge is 2.34. The van der Waals surface area contributed by atoms with Gasteiger partial charge in [0.2, 0.25) is 22.0 Å². The highest BCUT2D eigenvalue weighted by atomic mass is 79.9. The van der Waals surface area contributed by atoms with E-state index in [0.717, 1.165) is 4.31 Å². The zero-order valence-corrected chi connectivity index (χ0v) is 39.9. The van der Waals surface area contributed by atoms with Gasteiger partial charge in [-0.05, 0) is 95.8 Å². The molecule has 6 aromatic rings. The lowest BCUT2D eigenvalue weighted by atomic mass is 10.0. The van der Waals surface area contributed by atoms with Crippen molar-refractivity contribution in [2.45, 2.75) is 77.7 Å². The second-order valence-electron chi connectivity index (χ2n) is 16.7. The zero-order chi connectivity index (χ0) is 45.7. The Hall–Kier alpha value is -5.50. The van der Waals surface area contributed by atoms with Crippen LogP contribution in [-0.2, 0) is 39.1 Å². The fraction of sp³-hybridized carbons (Fsp3) is 0.318. The third kappa shape index (κ3) is 12.2. The lowest BCUT2D eigenvalue weighted by Gasteiger charge is -2.28. The van der Waals surface area contributed by atoms with Crippen LogP contribution in [0.15, 0.2) is 89.8 Å². The molecule has 3 heterocycles. The van der Waals surface area contributed by atoms with Crippen molar-refractivity contribution in [1.82, 2.24) is 24.2 Å². The number of carboxylic acids is 1.